The summed E-state index contributed by atoms with van der Waals surface area (Å²) in [5, 5.41) is 0.655. The van der Waals surface area contributed by atoms with Crippen LogP contribution in [0.15, 0.2) is 0 Å². The molecule has 0 aliphatic rings. The van der Waals surface area contributed by atoms with Crippen molar-refractivity contribution in [3.05, 3.63) is 0 Å². The van der Waals surface area contributed by atoms with Gasteiger partial charge in [0.2, 0.25) is 17.7 Å². The molecular formula is C8H18N2O3. The molecule has 0 aromatic carbocycles. The van der Waals surface area contributed by atoms with E-state index in [0.29, 0.717) is 5.01 Å². The Morgan fingerprint density at radius 1 is 1.00 bits per heavy atom. The molecule has 0 bridgehead atoms. The minimum atomic E-state index is -0.507. The smallest absolute Gasteiger partial charge is 0.245 e. The fraction of sp³-hybridized carbons (Fsp3) is 0.625. The maximum absolute atomic E-state index is 10.6. The first-order chi connectivity index (χ1) is 5.95. The number of carbonyl (C=O) groups is 3. The zero-order chi connectivity index (χ0) is 11.0. The van der Waals surface area contributed by atoms with Crippen LogP contribution in [0.1, 0.15) is 36.0 Å². The summed E-state index contributed by atoms with van der Waals surface area (Å²) in [6.07, 6.45) is 0. The minimum Gasteiger partial charge on any atom is -0.274 e. The Morgan fingerprint density at radius 2 is 1.31 bits per heavy atom. The van der Waals surface area contributed by atoms with Crippen LogP contribution in [0.25, 0.3) is 0 Å². The van der Waals surface area contributed by atoms with Gasteiger partial charge in [0.1, 0.15) is 0 Å². The molecule has 0 spiro atoms. The number of hydrazine groups is 1. The van der Waals surface area contributed by atoms with Gasteiger partial charge in [-0.2, -0.15) is 5.01 Å². The summed E-state index contributed by atoms with van der Waals surface area (Å²) >= 11 is 0. The molecule has 0 radical (unpaired) electrons. The number of amides is 3. The molecule has 0 saturated heterocycles. The molecular weight excluding hydrogens is 172 g/mol. The molecule has 0 aliphatic carbocycles. The van der Waals surface area contributed by atoms with E-state index in [-0.39, 0.29) is 1.43 Å². The van der Waals surface area contributed by atoms with Crippen molar-refractivity contribution >= 4 is 17.7 Å². The Hall–Kier alpha value is -1.39. The van der Waals surface area contributed by atoms with Crippen molar-refractivity contribution in [2.45, 2.75) is 34.6 Å². The summed E-state index contributed by atoms with van der Waals surface area (Å²) in [7, 11) is 0. The Morgan fingerprint density at radius 3 is 1.38 bits per heavy atom. The fourth-order valence-electron chi connectivity index (χ4n) is 0.537. The molecule has 0 fully saturated rings. The van der Waals surface area contributed by atoms with Crippen LogP contribution in [0, 0.1) is 0 Å². The van der Waals surface area contributed by atoms with Crippen molar-refractivity contribution in [1.82, 2.24) is 10.4 Å². The molecule has 3 amide bonds. The summed E-state index contributed by atoms with van der Waals surface area (Å²) in [5.41, 5.74) is 2.07. The molecule has 0 heterocycles. The first kappa shape index (κ1) is 14.2. The molecule has 0 saturated carbocycles. The lowest BCUT2D eigenvalue weighted by Crippen LogP contribution is -2.46. The molecule has 0 atom stereocenters. The Balaban J connectivity index is -0.000000376. The van der Waals surface area contributed by atoms with Crippen molar-refractivity contribution < 1.29 is 15.8 Å². The van der Waals surface area contributed by atoms with Crippen molar-refractivity contribution in [3.63, 3.8) is 0 Å². The van der Waals surface area contributed by atoms with Gasteiger partial charge in [0, 0.05) is 22.2 Å². The van der Waals surface area contributed by atoms with Crippen molar-refractivity contribution in [2.24, 2.45) is 0 Å². The van der Waals surface area contributed by atoms with Gasteiger partial charge in [-0.15, -0.1) is 0 Å². The van der Waals surface area contributed by atoms with Crippen LogP contribution in [-0.2, 0) is 14.4 Å². The van der Waals surface area contributed by atoms with Crippen molar-refractivity contribution in [2.75, 3.05) is 0 Å². The molecule has 5 nitrogen and oxygen atoms in total. The van der Waals surface area contributed by atoms with Gasteiger partial charge in [0.25, 0.3) is 0 Å². The Labute approximate surface area is 79.5 Å². The third-order valence-electron chi connectivity index (χ3n) is 0.899. The van der Waals surface area contributed by atoms with E-state index in [1.165, 1.54) is 20.8 Å². The zero-order valence-electron chi connectivity index (χ0n) is 8.67. The van der Waals surface area contributed by atoms with Crippen LogP contribution < -0.4 is 5.43 Å². The fourth-order valence-corrected chi connectivity index (χ4v) is 0.537. The molecule has 13 heavy (non-hydrogen) atoms. The van der Waals surface area contributed by atoms with Crippen LogP contribution >= 0.6 is 0 Å². The lowest BCUT2D eigenvalue weighted by atomic mass is 10.6. The average molecular weight is 190 g/mol. The third-order valence-corrected chi connectivity index (χ3v) is 0.899. The standard InChI is InChI=1S/C6H10N2O3.C2H6.H2/c1-4(9)7-8(5(2)10)6(3)11;1-2;/h1-3H3,(H,7,9);1-2H3;1H. The molecule has 0 aromatic rings. The van der Waals surface area contributed by atoms with Crippen molar-refractivity contribution in [1.29, 1.82) is 0 Å². The van der Waals surface area contributed by atoms with Crippen LogP contribution in [0.4, 0.5) is 0 Å². The van der Waals surface area contributed by atoms with Gasteiger partial charge in [0.05, 0.1) is 0 Å². The molecule has 5 heteroatoms. The van der Waals surface area contributed by atoms with Gasteiger partial charge in [0.15, 0.2) is 0 Å². The van der Waals surface area contributed by atoms with Crippen LogP contribution in [0.5, 0.6) is 0 Å². The van der Waals surface area contributed by atoms with Gasteiger partial charge in [-0.05, 0) is 0 Å². The number of imide groups is 1. The summed E-state index contributed by atoms with van der Waals surface area (Å²) < 4.78 is 0. The highest BCUT2D eigenvalue weighted by atomic mass is 16.2. The van der Waals surface area contributed by atoms with E-state index in [0.717, 1.165) is 0 Å². The predicted molar refractivity (Wildman–Crippen MR) is 50.5 cm³/mol. The van der Waals surface area contributed by atoms with E-state index < -0.39 is 17.7 Å². The molecule has 1 N–H and O–H groups in total. The Bertz CT molecular complexity index is 193. The van der Waals surface area contributed by atoms with E-state index in [9.17, 15) is 14.4 Å². The Kier molecular flexibility index (Phi) is 7.91. The minimum absolute atomic E-state index is 0. The zero-order valence-corrected chi connectivity index (χ0v) is 8.67. The van der Waals surface area contributed by atoms with Crippen LogP contribution in [0.2, 0.25) is 0 Å². The molecule has 0 unspecified atom stereocenters. The second kappa shape index (κ2) is 7.27. The summed E-state index contributed by atoms with van der Waals surface area (Å²) in [5.74, 6) is -1.46. The predicted octanol–water partition coefficient (Wildman–Crippen LogP) is 0.705. The summed E-state index contributed by atoms with van der Waals surface area (Å²) in [6.45, 7) is 7.60. The number of hydrogen-bond acceptors (Lipinski definition) is 3. The van der Waals surface area contributed by atoms with E-state index in [2.05, 4.69) is 5.43 Å². The maximum atomic E-state index is 10.6. The van der Waals surface area contributed by atoms with Gasteiger partial charge >= 0.3 is 0 Å². The number of hydrogen-bond donors (Lipinski definition) is 1. The van der Waals surface area contributed by atoms with E-state index in [4.69, 9.17) is 0 Å². The lowest BCUT2D eigenvalue weighted by Gasteiger charge is -2.15. The van der Waals surface area contributed by atoms with Gasteiger partial charge < -0.3 is 0 Å². The lowest BCUT2D eigenvalue weighted by molar-refractivity contribution is -0.150. The van der Waals surface area contributed by atoms with E-state index in [1.807, 2.05) is 13.8 Å². The second-order valence-corrected chi connectivity index (χ2v) is 2.04. The SMILES string of the molecule is CC.CC(=O)NN(C(C)=O)C(C)=O.[HH]. The first-order valence-corrected chi connectivity index (χ1v) is 4.03. The second-order valence-electron chi connectivity index (χ2n) is 2.04. The highest BCUT2D eigenvalue weighted by Crippen LogP contribution is 1.84. The monoisotopic (exact) mass is 190 g/mol. The topological polar surface area (TPSA) is 66.5 Å². The van der Waals surface area contributed by atoms with Crippen LogP contribution in [-0.4, -0.2) is 22.7 Å². The number of rotatable bonds is 0. The third kappa shape index (κ3) is 6.99. The maximum Gasteiger partial charge on any atom is 0.245 e. The number of nitrogens with zero attached hydrogens (tertiary/aromatic N) is 1. The molecule has 0 rings (SSSR count). The van der Waals surface area contributed by atoms with Crippen molar-refractivity contribution in [3.8, 4) is 0 Å². The average Bonchev–Trinajstić information content (AvgIpc) is 2.03. The number of carbonyl (C=O) groups excluding carboxylic acids is 3. The summed E-state index contributed by atoms with van der Waals surface area (Å²) in [4.78, 5) is 31.6. The number of nitrogens with one attached hydrogen (secondary N) is 1. The molecule has 78 valence electrons. The highest BCUT2D eigenvalue weighted by molar-refractivity contribution is 5.94. The van der Waals surface area contributed by atoms with E-state index in [1.54, 1.807) is 0 Å². The molecule has 0 aliphatic heterocycles. The largest absolute Gasteiger partial charge is 0.274 e. The normalized spacial score (nSPS) is 7.77. The van der Waals surface area contributed by atoms with Gasteiger partial charge in [-0.1, -0.05) is 13.8 Å². The summed E-state index contributed by atoms with van der Waals surface area (Å²) in [6, 6.07) is 0. The molecule has 0 aromatic heterocycles. The highest BCUT2D eigenvalue weighted by Gasteiger charge is 2.13. The van der Waals surface area contributed by atoms with Gasteiger partial charge in [-0.25, -0.2) is 0 Å². The van der Waals surface area contributed by atoms with E-state index >= 15 is 0 Å². The van der Waals surface area contributed by atoms with Gasteiger partial charge in [-0.3, -0.25) is 19.8 Å². The van der Waals surface area contributed by atoms with Crippen LogP contribution in [0.3, 0.4) is 0 Å². The quantitative estimate of drug-likeness (QED) is 0.572. The first-order valence-electron chi connectivity index (χ1n) is 4.03.